The van der Waals surface area contributed by atoms with Crippen LogP contribution in [0.2, 0.25) is 0 Å². The van der Waals surface area contributed by atoms with Gasteiger partial charge in [0.25, 0.3) is 0 Å². The van der Waals surface area contributed by atoms with E-state index in [-0.39, 0.29) is 0 Å². The molecule has 11 rings (SSSR count). The van der Waals surface area contributed by atoms with Crippen molar-refractivity contribution in [2.24, 2.45) is 0 Å². The first kappa shape index (κ1) is 32.0. The molecule has 1 aliphatic rings. The molecule has 5 heteroatoms. The Labute approximate surface area is 323 Å². The van der Waals surface area contributed by atoms with E-state index in [1.54, 1.807) is 0 Å². The fourth-order valence-corrected chi connectivity index (χ4v) is 8.43. The van der Waals surface area contributed by atoms with Crippen LogP contribution in [0, 0.1) is 0 Å². The number of rotatable bonds is 4. The molecule has 10 aromatic rings. The maximum Gasteiger partial charge on any atom is 0.161 e. The summed E-state index contributed by atoms with van der Waals surface area (Å²) in [4.78, 5) is 12.7. The van der Waals surface area contributed by atoms with Gasteiger partial charge in [-0.3, -0.25) is 0 Å². The number of fused-ring (bicyclic) bond motifs is 8. The standard InChI is InChI=1S/C51H34N4O/c1-33-27-29-39-38-20-10-13-25-45(38)55(35-17-6-3-7-18-35)46(39)32-54(44-24-12-9-19-37(33)44)36-28-30-41-48(31-36)56-47-26-14-22-42(49(41)47)51-52-43-23-11-8-21-40(43)50(53-51)34-15-4-2-5-16-34/h2-31H,1,32H2/b29-27-. The Bertz CT molecular complexity index is 3190. The summed E-state index contributed by atoms with van der Waals surface area (Å²) >= 11 is 0. The number of furan rings is 1. The van der Waals surface area contributed by atoms with Crippen molar-refractivity contribution in [1.29, 1.82) is 0 Å². The molecule has 0 saturated carbocycles. The van der Waals surface area contributed by atoms with E-state index in [1.807, 2.05) is 30.3 Å². The van der Waals surface area contributed by atoms with E-state index in [9.17, 15) is 0 Å². The number of benzene rings is 7. The predicted octanol–water partition coefficient (Wildman–Crippen LogP) is 13.2. The fourth-order valence-electron chi connectivity index (χ4n) is 8.43. The lowest BCUT2D eigenvalue weighted by Gasteiger charge is -2.28. The van der Waals surface area contributed by atoms with E-state index >= 15 is 0 Å². The van der Waals surface area contributed by atoms with Crippen molar-refractivity contribution in [3.8, 4) is 28.3 Å². The molecule has 7 aromatic carbocycles. The zero-order valence-electron chi connectivity index (χ0n) is 30.4. The molecular weight excluding hydrogens is 685 g/mol. The number of allylic oxidation sites excluding steroid dienone is 2. The fraction of sp³-hybridized carbons (Fsp3) is 0.0196. The van der Waals surface area contributed by atoms with Crippen LogP contribution in [0.4, 0.5) is 11.4 Å². The summed E-state index contributed by atoms with van der Waals surface area (Å²) in [7, 11) is 0. The number of aromatic nitrogens is 3. The summed E-state index contributed by atoms with van der Waals surface area (Å²) in [6.07, 6.45) is 4.40. The maximum absolute atomic E-state index is 6.73. The molecule has 264 valence electrons. The van der Waals surface area contributed by atoms with Gasteiger partial charge in [0.1, 0.15) is 11.2 Å². The van der Waals surface area contributed by atoms with Crippen molar-refractivity contribution in [3.05, 3.63) is 199 Å². The monoisotopic (exact) mass is 718 g/mol. The molecule has 3 aromatic heterocycles. The third kappa shape index (κ3) is 5.09. The molecule has 0 unspecified atom stereocenters. The van der Waals surface area contributed by atoms with Crippen LogP contribution < -0.4 is 4.90 Å². The average Bonchev–Trinajstić information content (AvgIpc) is 3.80. The molecule has 0 atom stereocenters. The molecule has 4 heterocycles. The molecule has 0 N–H and O–H groups in total. The van der Waals surface area contributed by atoms with Gasteiger partial charge < -0.3 is 13.9 Å². The number of hydrogen-bond donors (Lipinski definition) is 0. The van der Waals surface area contributed by atoms with Gasteiger partial charge in [-0.25, -0.2) is 9.97 Å². The molecule has 0 spiro atoms. The quantitative estimate of drug-likeness (QED) is 0.182. The maximum atomic E-state index is 6.73. The van der Waals surface area contributed by atoms with Crippen LogP contribution in [0.3, 0.4) is 0 Å². The molecule has 0 radical (unpaired) electrons. The van der Waals surface area contributed by atoms with Crippen molar-refractivity contribution in [1.82, 2.24) is 14.5 Å². The van der Waals surface area contributed by atoms with Crippen LogP contribution in [-0.2, 0) is 6.54 Å². The van der Waals surface area contributed by atoms with Crippen molar-refractivity contribution in [2.45, 2.75) is 6.54 Å². The van der Waals surface area contributed by atoms with E-state index in [4.69, 9.17) is 14.4 Å². The van der Waals surface area contributed by atoms with Crippen LogP contribution in [-0.4, -0.2) is 14.5 Å². The topological polar surface area (TPSA) is 47.1 Å². The zero-order chi connectivity index (χ0) is 37.2. The second kappa shape index (κ2) is 12.8. The number of para-hydroxylation sites is 4. The van der Waals surface area contributed by atoms with E-state index in [2.05, 4.69) is 168 Å². The molecule has 5 nitrogen and oxygen atoms in total. The Kier molecular flexibility index (Phi) is 7.32. The lowest BCUT2D eigenvalue weighted by Crippen LogP contribution is -2.20. The number of hydrogen-bond acceptors (Lipinski definition) is 4. The number of nitrogens with zero attached hydrogens (tertiary/aromatic N) is 4. The SMILES string of the molecule is C=C1/C=C\c2c(n(-c3ccccc3)c3ccccc23)CN(c2ccc3c(c2)oc2cccc(-c4nc(-c5ccccc5)c5ccccc5n4)c23)c2ccccc21. The largest absolute Gasteiger partial charge is 0.456 e. The van der Waals surface area contributed by atoms with Crippen molar-refractivity contribution >= 4 is 66.8 Å². The van der Waals surface area contributed by atoms with Gasteiger partial charge in [0, 0.05) is 66.9 Å². The van der Waals surface area contributed by atoms with Crippen LogP contribution in [0.5, 0.6) is 0 Å². The van der Waals surface area contributed by atoms with Crippen LogP contribution in [0.25, 0.3) is 83.7 Å². The molecule has 1 aliphatic heterocycles. The Morgan fingerprint density at radius 2 is 1.29 bits per heavy atom. The van der Waals surface area contributed by atoms with Gasteiger partial charge in [-0.15, -0.1) is 0 Å². The van der Waals surface area contributed by atoms with Gasteiger partial charge in [-0.1, -0.05) is 134 Å². The summed E-state index contributed by atoms with van der Waals surface area (Å²) in [5, 5.41) is 4.23. The first-order valence-corrected chi connectivity index (χ1v) is 18.9. The minimum absolute atomic E-state index is 0.609. The van der Waals surface area contributed by atoms with Gasteiger partial charge in [-0.2, -0.15) is 0 Å². The number of anilines is 2. The van der Waals surface area contributed by atoms with Gasteiger partial charge in [0.2, 0.25) is 0 Å². The zero-order valence-corrected chi connectivity index (χ0v) is 30.4. The minimum atomic E-state index is 0.609. The average molecular weight is 719 g/mol. The summed E-state index contributed by atoms with van der Waals surface area (Å²) in [5.74, 6) is 0.668. The first-order valence-electron chi connectivity index (χ1n) is 18.9. The summed E-state index contributed by atoms with van der Waals surface area (Å²) in [6, 6.07) is 59.2. The third-order valence-corrected chi connectivity index (χ3v) is 11.0. The molecule has 0 bridgehead atoms. The Morgan fingerprint density at radius 3 is 2.16 bits per heavy atom. The van der Waals surface area contributed by atoms with Gasteiger partial charge in [0.15, 0.2) is 5.82 Å². The van der Waals surface area contributed by atoms with E-state index in [0.717, 1.165) is 77.9 Å². The van der Waals surface area contributed by atoms with Crippen LogP contribution in [0.1, 0.15) is 16.8 Å². The highest BCUT2D eigenvalue weighted by atomic mass is 16.3. The molecule has 0 fully saturated rings. The molecular formula is C51H34N4O. The molecule has 0 amide bonds. The summed E-state index contributed by atoms with van der Waals surface area (Å²) in [5.41, 5.74) is 14.2. The summed E-state index contributed by atoms with van der Waals surface area (Å²) < 4.78 is 9.13. The lowest BCUT2D eigenvalue weighted by atomic mass is 10.0. The third-order valence-electron chi connectivity index (χ3n) is 11.0. The second-order valence-electron chi connectivity index (χ2n) is 14.3. The first-order chi connectivity index (χ1) is 27.7. The highest BCUT2D eigenvalue weighted by Gasteiger charge is 2.25. The van der Waals surface area contributed by atoms with Crippen molar-refractivity contribution < 1.29 is 4.42 Å². The Morgan fingerprint density at radius 1 is 0.554 bits per heavy atom. The van der Waals surface area contributed by atoms with Crippen LogP contribution in [0.15, 0.2) is 187 Å². The second-order valence-corrected chi connectivity index (χ2v) is 14.3. The van der Waals surface area contributed by atoms with E-state index in [0.29, 0.717) is 12.4 Å². The smallest absolute Gasteiger partial charge is 0.161 e. The molecule has 0 saturated heterocycles. The summed E-state index contributed by atoms with van der Waals surface area (Å²) in [6.45, 7) is 5.16. The van der Waals surface area contributed by atoms with Gasteiger partial charge in [-0.05, 0) is 54.1 Å². The van der Waals surface area contributed by atoms with Crippen LogP contribution >= 0.6 is 0 Å². The normalized spacial score (nSPS) is 13.4. The molecule has 0 aliphatic carbocycles. The van der Waals surface area contributed by atoms with E-state index in [1.165, 1.54) is 22.2 Å². The predicted molar refractivity (Wildman–Crippen MR) is 231 cm³/mol. The Hall–Kier alpha value is -7.50. The highest BCUT2D eigenvalue weighted by Crippen LogP contribution is 2.43. The lowest BCUT2D eigenvalue weighted by molar-refractivity contribution is 0.669. The highest BCUT2D eigenvalue weighted by molar-refractivity contribution is 6.13. The minimum Gasteiger partial charge on any atom is -0.456 e. The van der Waals surface area contributed by atoms with E-state index < -0.39 is 0 Å². The van der Waals surface area contributed by atoms with Gasteiger partial charge in [0.05, 0.1) is 29.0 Å². The van der Waals surface area contributed by atoms with Gasteiger partial charge >= 0.3 is 0 Å². The van der Waals surface area contributed by atoms with Crippen molar-refractivity contribution in [3.63, 3.8) is 0 Å². The van der Waals surface area contributed by atoms with Crippen molar-refractivity contribution in [2.75, 3.05) is 4.90 Å². The molecule has 56 heavy (non-hydrogen) atoms. The Balaban J connectivity index is 1.11.